The van der Waals surface area contributed by atoms with Crippen LogP contribution < -0.4 is 16.8 Å². The molecule has 0 radical (unpaired) electrons. The molecule has 1 aromatic rings. The van der Waals surface area contributed by atoms with E-state index in [-0.39, 0.29) is 18.4 Å². The molecule has 1 aromatic carbocycles. The van der Waals surface area contributed by atoms with E-state index in [2.05, 4.69) is 30.1 Å². The summed E-state index contributed by atoms with van der Waals surface area (Å²) in [6.07, 6.45) is 1.22. The summed E-state index contributed by atoms with van der Waals surface area (Å²) >= 11 is 4.46. The van der Waals surface area contributed by atoms with Gasteiger partial charge in [-0.1, -0.05) is 24.3 Å². The molecule has 1 aliphatic rings. The molecule has 1 saturated heterocycles. The molecule has 3 atom stereocenters. The lowest BCUT2D eigenvalue weighted by atomic mass is 9.99. The van der Waals surface area contributed by atoms with Crippen molar-refractivity contribution in [2.75, 3.05) is 6.54 Å². The number of benzene rings is 1. The molecule has 0 spiro atoms. The summed E-state index contributed by atoms with van der Waals surface area (Å²) < 4.78 is 0. The molecule has 5 heteroatoms. The number of carbonyl (C=O) groups is 1. The van der Waals surface area contributed by atoms with Crippen molar-refractivity contribution in [1.82, 2.24) is 5.32 Å². The summed E-state index contributed by atoms with van der Waals surface area (Å²) in [5.74, 6) is -0.373. The predicted molar refractivity (Wildman–Crippen MR) is 75.3 cm³/mol. The number of amides is 1. The molecule has 0 aromatic heterocycles. The normalized spacial score (nSPS) is 25.0. The van der Waals surface area contributed by atoms with Gasteiger partial charge in [0, 0.05) is 30.3 Å². The molecule has 98 valence electrons. The van der Waals surface area contributed by atoms with Gasteiger partial charge in [0.1, 0.15) is 0 Å². The van der Waals surface area contributed by atoms with Crippen molar-refractivity contribution in [3.05, 3.63) is 35.4 Å². The van der Waals surface area contributed by atoms with Gasteiger partial charge in [0.2, 0.25) is 5.91 Å². The molecule has 1 amide bonds. The van der Waals surface area contributed by atoms with Crippen molar-refractivity contribution in [1.29, 1.82) is 0 Å². The summed E-state index contributed by atoms with van der Waals surface area (Å²) in [4.78, 5) is 10.8. The average Bonchev–Trinajstić information content (AvgIpc) is 2.75. The van der Waals surface area contributed by atoms with Crippen molar-refractivity contribution in [2.24, 2.45) is 11.5 Å². The number of carbonyl (C=O) groups excluding carboxylic acids is 1. The Balaban J connectivity index is 2.03. The van der Waals surface area contributed by atoms with Gasteiger partial charge in [-0.15, -0.1) is 0 Å². The number of nitrogens with one attached hydrogen (secondary N) is 1. The van der Waals surface area contributed by atoms with Crippen LogP contribution in [-0.4, -0.2) is 17.7 Å². The largest absolute Gasteiger partial charge is 0.370 e. The zero-order chi connectivity index (χ0) is 13.1. The quantitative estimate of drug-likeness (QED) is 0.610. The van der Waals surface area contributed by atoms with E-state index in [0.29, 0.717) is 11.3 Å². The van der Waals surface area contributed by atoms with Crippen LogP contribution in [0.1, 0.15) is 36.1 Å². The highest BCUT2D eigenvalue weighted by Gasteiger charge is 2.22. The second-order valence-electron chi connectivity index (χ2n) is 4.79. The summed E-state index contributed by atoms with van der Waals surface area (Å²) in [5.41, 5.74) is 13.2. The average molecular weight is 265 g/mol. The molecule has 0 aliphatic carbocycles. The maximum Gasteiger partial charge on any atom is 0.219 e. The van der Waals surface area contributed by atoms with E-state index < -0.39 is 0 Å². The lowest BCUT2D eigenvalue weighted by Gasteiger charge is -2.14. The van der Waals surface area contributed by atoms with Gasteiger partial charge in [-0.25, -0.2) is 0 Å². The molecule has 5 N–H and O–H groups in total. The van der Waals surface area contributed by atoms with Crippen LogP contribution in [0.2, 0.25) is 0 Å². The minimum atomic E-state index is -0.373. The Morgan fingerprint density at radius 3 is 2.61 bits per heavy atom. The van der Waals surface area contributed by atoms with E-state index in [4.69, 9.17) is 11.5 Å². The zero-order valence-electron chi connectivity index (χ0n) is 10.2. The Morgan fingerprint density at radius 1 is 1.44 bits per heavy atom. The third-order valence-electron chi connectivity index (χ3n) is 3.30. The van der Waals surface area contributed by atoms with Gasteiger partial charge < -0.3 is 16.8 Å². The van der Waals surface area contributed by atoms with E-state index >= 15 is 0 Å². The van der Waals surface area contributed by atoms with Crippen LogP contribution in [0, 0.1) is 0 Å². The number of nitrogens with two attached hydrogens (primary N) is 2. The molecule has 18 heavy (non-hydrogen) atoms. The van der Waals surface area contributed by atoms with Gasteiger partial charge in [-0.3, -0.25) is 4.79 Å². The molecule has 0 unspecified atom stereocenters. The molecule has 4 nitrogen and oxygen atoms in total. The molecule has 1 aliphatic heterocycles. The maximum absolute atomic E-state index is 10.8. The second kappa shape index (κ2) is 5.73. The highest BCUT2D eigenvalue weighted by Crippen LogP contribution is 2.27. The fourth-order valence-electron chi connectivity index (χ4n) is 2.28. The monoisotopic (exact) mass is 265 g/mol. The lowest BCUT2D eigenvalue weighted by Crippen LogP contribution is -2.20. The summed E-state index contributed by atoms with van der Waals surface area (Å²) in [7, 11) is 0. The van der Waals surface area contributed by atoms with E-state index in [0.717, 1.165) is 18.5 Å². The Hall–Kier alpha value is -1.04. The zero-order valence-corrected chi connectivity index (χ0v) is 11.1. The first kappa shape index (κ1) is 13.4. The molecule has 1 heterocycles. The maximum atomic E-state index is 10.8. The van der Waals surface area contributed by atoms with Gasteiger partial charge in [-0.2, -0.15) is 12.6 Å². The summed E-state index contributed by atoms with van der Waals surface area (Å²) in [5, 5.41) is 3.84. The lowest BCUT2D eigenvalue weighted by molar-refractivity contribution is -0.118. The van der Waals surface area contributed by atoms with Gasteiger partial charge >= 0.3 is 0 Å². The predicted octanol–water partition coefficient (Wildman–Crippen LogP) is 0.895. The molecule has 0 bridgehead atoms. The van der Waals surface area contributed by atoms with Crippen molar-refractivity contribution < 1.29 is 4.79 Å². The first-order chi connectivity index (χ1) is 8.56. The standard InChI is InChI=1S/C13H19N3OS/c14-11(6-13(15)17)8-1-3-9(4-2-8)12-5-10(18)7-16-12/h1-4,10-12,16,18H,5-7,14H2,(H2,15,17)/t10-,11+,12+/m0/s1. The van der Waals surface area contributed by atoms with Crippen molar-refractivity contribution in [2.45, 2.75) is 30.2 Å². The number of primary amides is 1. The van der Waals surface area contributed by atoms with Crippen LogP contribution >= 0.6 is 12.6 Å². The van der Waals surface area contributed by atoms with Crippen molar-refractivity contribution >= 4 is 18.5 Å². The van der Waals surface area contributed by atoms with Crippen LogP contribution in [0.4, 0.5) is 0 Å². The Morgan fingerprint density at radius 2 is 2.11 bits per heavy atom. The van der Waals surface area contributed by atoms with Gasteiger partial charge in [0.05, 0.1) is 0 Å². The van der Waals surface area contributed by atoms with E-state index in [1.54, 1.807) is 0 Å². The number of hydrogen-bond acceptors (Lipinski definition) is 4. The minimum Gasteiger partial charge on any atom is -0.370 e. The molecular weight excluding hydrogens is 246 g/mol. The smallest absolute Gasteiger partial charge is 0.219 e. The number of rotatable bonds is 4. The third-order valence-corrected chi connectivity index (χ3v) is 3.69. The topological polar surface area (TPSA) is 81.1 Å². The minimum absolute atomic E-state index is 0.180. The first-order valence-corrected chi connectivity index (χ1v) is 6.63. The van der Waals surface area contributed by atoms with E-state index in [1.165, 1.54) is 5.56 Å². The molecule has 1 fully saturated rings. The van der Waals surface area contributed by atoms with Gasteiger partial charge in [0.25, 0.3) is 0 Å². The van der Waals surface area contributed by atoms with Crippen LogP contribution in [0.3, 0.4) is 0 Å². The van der Waals surface area contributed by atoms with Crippen molar-refractivity contribution in [3.8, 4) is 0 Å². The highest BCUT2D eigenvalue weighted by atomic mass is 32.1. The Labute approximate surface area is 113 Å². The van der Waals surface area contributed by atoms with Gasteiger partial charge in [0.15, 0.2) is 0 Å². The highest BCUT2D eigenvalue weighted by molar-refractivity contribution is 7.81. The Kier molecular flexibility index (Phi) is 4.27. The SMILES string of the molecule is NC(=O)C[C@@H](N)c1ccc([C@H]2C[C@H](S)CN2)cc1. The summed E-state index contributed by atoms with van der Waals surface area (Å²) in [6, 6.07) is 8.10. The van der Waals surface area contributed by atoms with Gasteiger partial charge in [-0.05, 0) is 17.5 Å². The molecule has 2 rings (SSSR count). The third kappa shape index (κ3) is 3.25. The molecular formula is C13H19N3OS. The second-order valence-corrected chi connectivity index (χ2v) is 5.52. The van der Waals surface area contributed by atoms with Crippen LogP contribution in [-0.2, 0) is 4.79 Å². The number of hydrogen-bond donors (Lipinski definition) is 4. The molecule has 0 saturated carbocycles. The van der Waals surface area contributed by atoms with Crippen LogP contribution in [0.5, 0.6) is 0 Å². The fourth-order valence-corrected chi connectivity index (χ4v) is 2.60. The Bertz CT molecular complexity index is 421. The summed E-state index contributed by atoms with van der Waals surface area (Å²) in [6.45, 7) is 0.941. The fraction of sp³-hybridized carbons (Fsp3) is 0.462. The number of thiol groups is 1. The van der Waals surface area contributed by atoms with E-state index in [1.807, 2.05) is 12.1 Å². The van der Waals surface area contributed by atoms with Crippen molar-refractivity contribution in [3.63, 3.8) is 0 Å². The van der Waals surface area contributed by atoms with Crippen LogP contribution in [0.25, 0.3) is 0 Å². The first-order valence-electron chi connectivity index (χ1n) is 6.11. The van der Waals surface area contributed by atoms with E-state index in [9.17, 15) is 4.79 Å². The van der Waals surface area contributed by atoms with Crippen LogP contribution in [0.15, 0.2) is 24.3 Å².